The lowest BCUT2D eigenvalue weighted by molar-refractivity contribution is 0.281. The van der Waals surface area contributed by atoms with Crippen molar-refractivity contribution in [1.29, 1.82) is 0 Å². The number of rotatable bonds is 6. The fourth-order valence-corrected chi connectivity index (χ4v) is 5.02. The molecule has 0 amide bonds. The summed E-state index contributed by atoms with van der Waals surface area (Å²) in [6, 6.07) is 4.81. The summed E-state index contributed by atoms with van der Waals surface area (Å²) < 4.78 is 28.0. The number of benzene rings is 1. The van der Waals surface area contributed by atoms with Gasteiger partial charge >= 0.3 is 0 Å². The quantitative estimate of drug-likeness (QED) is 0.819. The summed E-state index contributed by atoms with van der Waals surface area (Å²) in [6.45, 7) is 0.450. The predicted octanol–water partition coefficient (Wildman–Crippen LogP) is 2.41. The highest BCUT2D eigenvalue weighted by Gasteiger charge is 2.53. The topological polar surface area (TPSA) is 66.4 Å². The van der Waals surface area contributed by atoms with Gasteiger partial charge in [-0.15, -0.1) is 0 Å². The van der Waals surface area contributed by atoms with Crippen LogP contribution in [0.3, 0.4) is 0 Å². The number of aliphatic hydroxyl groups is 1. The average molecular weight is 360 g/mol. The maximum atomic E-state index is 12.4. The van der Waals surface area contributed by atoms with Gasteiger partial charge in [0.05, 0.1) is 11.5 Å². The standard InChI is InChI=1S/C14H18BrNO3S/c15-12-7-10(8-17)1-4-13(12)20(18,19)16-9-14(5-6-14)11-2-3-11/h1,4,7,11,16-17H,2-3,5-6,8-9H2. The number of halogens is 1. The zero-order valence-corrected chi connectivity index (χ0v) is 13.5. The monoisotopic (exact) mass is 359 g/mol. The number of sulfonamides is 1. The minimum absolute atomic E-state index is 0.100. The Bertz CT molecular complexity index is 621. The van der Waals surface area contributed by atoms with Crippen LogP contribution in [0.1, 0.15) is 31.2 Å². The number of hydrogen-bond donors (Lipinski definition) is 2. The van der Waals surface area contributed by atoms with Gasteiger partial charge in [-0.05, 0) is 70.6 Å². The van der Waals surface area contributed by atoms with Gasteiger partial charge < -0.3 is 5.11 Å². The molecule has 0 spiro atoms. The molecule has 0 aromatic heterocycles. The van der Waals surface area contributed by atoms with Gasteiger partial charge in [0, 0.05) is 11.0 Å². The second-order valence-corrected chi connectivity index (χ2v) is 8.47. The Morgan fingerprint density at radius 2 is 2.05 bits per heavy atom. The third kappa shape index (κ3) is 2.79. The number of hydrogen-bond acceptors (Lipinski definition) is 3. The molecule has 0 unspecified atom stereocenters. The van der Waals surface area contributed by atoms with Crippen molar-refractivity contribution >= 4 is 26.0 Å². The van der Waals surface area contributed by atoms with Gasteiger partial charge in [0.15, 0.2) is 0 Å². The molecule has 4 nitrogen and oxygen atoms in total. The second kappa shape index (κ2) is 5.09. The van der Waals surface area contributed by atoms with E-state index in [-0.39, 0.29) is 16.9 Å². The van der Waals surface area contributed by atoms with E-state index in [1.165, 1.54) is 18.9 Å². The van der Waals surface area contributed by atoms with Gasteiger partial charge in [-0.3, -0.25) is 0 Å². The van der Waals surface area contributed by atoms with Gasteiger partial charge in [0.1, 0.15) is 0 Å². The highest BCUT2D eigenvalue weighted by molar-refractivity contribution is 9.10. The van der Waals surface area contributed by atoms with Crippen LogP contribution in [0.2, 0.25) is 0 Å². The van der Waals surface area contributed by atoms with Crippen molar-refractivity contribution in [2.45, 2.75) is 37.2 Å². The van der Waals surface area contributed by atoms with Gasteiger partial charge in [-0.1, -0.05) is 6.07 Å². The Morgan fingerprint density at radius 1 is 1.35 bits per heavy atom. The van der Waals surface area contributed by atoms with Crippen molar-refractivity contribution in [1.82, 2.24) is 4.72 Å². The smallest absolute Gasteiger partial charge is 0.241 e. The maximum absolute atomic E-state index is 12.4. The lowest BCUT2D eigenvalue weighted by Crippen LogP contribution is -2.31. The molecule has 1 aromatic rings. The van der Waals surface area contributed by atoms with Crippen LogP contribution in [0, 0.1) is 11.3 Å². The third-order valence-corrected chi connectivity index (χ3v) is 6.80. The van der Waals surface area contributed by atoms with Crippen LogP contribution in [-0.4, -0.2) is 20.1 Å². The van der Waals surface area contributed by atoms with Gasteiger partial charge in [0.2, 0.25) is 10.0 Å². The van der Waals surface area contributed by atoms with E-state index >= 15 is 0 Å². The van der Waals surface area contributed by atoms with E-state index in [0.717, 1.165) is 18.8 Å². The van der Waals surface area contributed by atoms with Crippen LogP contribution < -0.4 is 4.72 Å². The molecule has 2 aliphatic carbocycles. The molecule has 2 fully saturated rings. The van der Waals surface area contributed by atoms with Crippen molar-refractivity contribution < 1.29 is 13.5 Å². The van der Waals surface area contributed by atoms with E-state index in [1.54, 1.807) is 12.1 Å². The summed E-state index contributed by atoms with van der Waals surface area (Å²) >= 11 is 3.27. The lowest BCUT2D eigenvalue weighted by atomic mass is 10.0. The van der Waals surface area contributed by atoms with Crippen LogP contribution in [0.25, 0.3) is 0 Å². The lowest BCUT2D eigenvalue weighted by Gasteiger charge is -2.16. The van der Waals surface area contributed by atoms with Crippen LogP contribution in [-0.2, 0) is 16.6 Å². The van der Waals surface area contributed by atoms with Gasteiger partial charge in [-0.2, -0.15) is 0 Å². The van der Waals surface area contributed by atoms with E-state index in [0.29, 0.717) is 16.6 Å². The van der Waals surface area contributed by atoms with E-state index in [1.807, 2.05) is 0 Å². The largest absolute Gasteiger partial charge is 0.392 e. The van der Waals surface area contributed by atoms with Crippen molar-refractivity contribution in [3.05, 3.63) is 28.2 Å². The molecule has 2 saturated carbocycles. The highest BCUT2D eigenvalue weighted by atomic mass is 79.9. The van der Waals surface area contributed by atoms with E-state index in [4.69, 9.17) is 5.11 Å². The summed E-state index contributed by atoms with van der Waals surface area (Å²) in [5.74, 6) is 0.727. The molecule has 3 rings (SSSR count). The minimum atomic E-state index is -3.49. The summed E-state index contributed by atoms with van der Waals surface area (Å²) in [5.41, 5.74) is 0.928. The Labute approximate surface area is 127 Å². The first-order valence-corrected chi connectivity index (χ1v) is 9.13. The van der Waals surface area contributed by atoms with Crippen molar-refractivity contribution in [3.8, 4) is 0 Å². The van der Waals surface area contributed by atoms with Crippen molar-refractivity contribution in [3.63, 3.8) is 0 Å². The van der Waals surface area contributed by atoms with Crippen LogP contribution in [0.4, 0.5) is 0 Å². The minimum Gasteiger partial charge on any atom is -0.392 e. The first-order chi connectivity index (χ1) is 9.47. The first-order valence-electron chi connectivity index (χ1n) is 6.86. The predicted molar refractivity (Wildman–Crippen MR) is 79.6 cm³/mol. The van der Waals surface area contributed by atoms with Crippen LogP contribution in [0.5, 0.6) is 0 Å². The van der Waals surface area contributed by atoms with E-state index in [2.05, 4.69) is 20.7 Å². The molecule has 2 N–H and O–H groups in total. The average Bonchev–Trinajstić information content (AvgIpc) is 3.27. The second-order valence-electron chi connectivity index (χ2n) is 5.88. The number of nitrogens with one attached hydrogen (secondary N) is 1. The summed E-state index contributed by atoms with van der Waals surface area (Å²) in [5, 5.41) is 9.06. The third-order valence-electron chi connectivity index (χ3n) is 4.42. The molecule has 0 radical (unpaired) electrons. The highest BCUT2D eigenvalue weighted by Crippen LogP contribution is 2.60. The summed E-state index contributed by atoms with van der Waals surface area (Å²) in [7, 11) is -3.49. The molecular formula is C14H18BrNO3S. The molecule has 0 saturated heterocycles. The van der Waals surface area contributed by atoms with Crippen molar-refractivity contribution in [2.24, 2.45) is 11.3 Å². The fraction of sp³-hybridized carbons (Fsp3) is 0.571. The van der Waals surface area contributed by atoms with E-state index < -0.39 is 10.0 Å². The Hall–Kier alpha value is -0.430. The molecule has 0 aliphatic heterocycles. The first kappa shape index (κ1) is 14.5. The Morgan fingerprint density at radius 3 is 2.55 bits per heavy atom. The molecule has 0 bridgehead atoms. The summed E-state index contributed by atoms with van der Waals surface area (Å²) in [6.07, 6.45) is 4.78. The van der Waals surface area contributed by atoms with Gasteiger partial charge in [-0.25, -0.2) is 13.1 Å². The Balaban J connectivity index is 1.74. The Kier molecular flexibility index (Phi) is 3.69. The van der Waals surface area contributed by atoms with Crippen LogP contribution in [0.15, 0.2) is 27.6 Å². The van der Waals surface area contributed by atoms with Crippen LogP contribution >= 0.6 is 15.9 Å². The zero-order valence-electron chi connectivity index (χ0n) is 11.1. The summed E-state index contributed by atoms with van der Waals surface area (Å²) in [4.78, 5) is 0.237. The molecule has 6 heteroatoms. The maximum Gasteiger partial charge on any atom is 0.241 e. The molecule has 1 aromatic carbocycles. The van der Waals surface area contributed by atoms with Gasteiger partial charge in [0.25, 0.3) is 0 Å². The fourth-order valence-electron chi connectivity index (χ4n) is 2.76. The van der Waals surface area contributed by atoms with Crippen molar-refractivity contribution in [2.75, 3.05) is 6.54 Å². The molecule has 0 atom stereocenters. The molecule has 20 heavy (non-hydrogen) atoms. The van der Waals surface area contributed by atoms with E-state index in [9.17, 15) is 8.42 Å². The molecule has 110 valence electrons. The number of aliphatic hydroxyl groups excluding tert-OH is 1. The molecule has 2 aliphatic rings. The zero-order chi connectivity index (χ0) is 14.4. The molecular weight excluding hydrogens is 342 g/mol. The molecule has 0 heterocycles. The SMILES string of the molecule is O=S(=O)(NCC1(C2CC2)CC1)c1ccc(CO)cc1Br. The normalized spacial score (nSPS) is 20.9.